The Morgan fingerprint density at radius 2 is 1.84 bits per heavy atom. The second-order valence-corrected chi connectivity index (χ2v) is 15.6. The third kappa shape index (κ3) is 4.89. The molecule has 3 aliphatic carbocycles. The quantitative estimate of drug-likeness (QED) is 0.272. The number of aldehydes is 1. The highest BCUT2D eigenvalue weighted by atomic mass is 32.2. The van der Waals surface area contributed by atoms with Gasteiger partial charge in [0, 0.05) is 5.92 Å². The number of sulfone groups is 1. The van der Waals surface area contributed by atoms with Crippen LogP contribution >= 0.6 is 0 Å². The van der Waals surface area contributed by atoms with Crippen LogP contribution in [0.2, 0.25) is 0 Å². The summed E-state index contributed by atoms with van der Waals surface area (Å²) in [5, 5.41) is -0.698. The largest absolute Gasteiger partial charge is 0.303 e. The van der Waals surface area contributed by atoms with Crippen molar-refractivity contribution in [3.8, 4) is 0 Å². The molecule has 0 N–H and O–H groups in total. The molecule has 0 unspecified atom stereocenters. The van der Waals surface area contributed by atoms with Crippen LogP contribution in [0.5, 0.6) is 0 Å². The highest BCUT2D eigenvalue weighted by Gasteiger charge is 2.51. The second kappa shape index (κ2) is 9.76. The van der Waals surface area contributed by atoms with Crippen LogP contribution in [0.15, 0.2) is 52.0 Å². The lowest BCUT2D eigenvalue weighted by Crippen LogP contribution is -2.37. The van der Waals surface area contributed by atoms with Crippen molar-refractivity contribution in [2.24, 2.45) is 23.2 Å². The summed E-state index contributed by atoms with van der Waals surface area (Å²) >= 11 is 0. The molecule has 0 saturated heterocycles. The Hall–Kier alpha value is -1.77. The van der Waals surface area contributed by atoms with Gasteiger partial charge >= 0.3 is 0 Å². The number of hydrogen-bond acceptors (Lipinski definition) is 6. The highest BCUT2D eigenvalue weighted by molar-refractivity contribution is 7.92. The van der Waals surface area contributed by atoms with Gasteiger partial charge in [0.1, 0.15) is 11.5 Å². The summed E-state index contributed by atoms with van der Waals surface area (Å²) < 4.78 is 58.2. The summed E-state index contributed by atoms with van der Waals surface area (Å²) in [6, 6.07) is 6.58. The lowest BCUT2D eigenvalue weighted by Gasteiger charge is -2.43. The van der Waals surface area contributed by atoms with E-state index in [0.29, 0.717) is 31.1 Å². The van der Waals surface area contributed by atoms with Gasteiger partial charge in [0.25, 0.3) is 10.1 Å². The van der Waals surface area contributed by atoms with E-state index in [0.717, 1.165) is 55.1 Å². The maximum Gasteiger partial charge on any atom is 0.297 e. The number of allylic oxidation sites excluding steroid dienone is 1. The molecule has 6 nitrogen and oxygen atoms in total. The van der Waals surface area contributed by atoms with Gasteiger partial charge in [-0.15, -0.1) is 0 Å². The SMILES string of the molecule is Cc1ccc(S(=O)(=O)O[C@H]2CCC3=C(C2)[C@H](/C=C2\CCC[C@]4(C)[C@@H]([C@H](C)C=O)CC[C@@H]24)S(=O)(=O)C3)cc1. The molecule has 0 aromatic heterocycles. The topological polar surface area (TPSA) is 94.6 Å². The van der Waals surface area contributed by atoms with Crippen molar-refractivity contribution in [1.29, 1.82) is 0 Å². The minimum Gasteiger partial charge on any atom is -0.303 e. The van der Waals surface area contributed by atoms with Gasteiger partial charge in [0.05, 0.1) is 16.8 Å². The first-order valence-electron chi connectivity index (χ1n) is 13.5. The van der Waals surface area contributed by atoms with E-state index in [1.165, 1.54) is 5.57 Å². The van der Waals surface area contributed by atoms with Gasteiger partial charge in [0.2, 0.25) is 0 Å². The summed E-state index contributed by atoms with van der Waals surface area (Å²) in [7, 11) is -7.32. The molecule has 202 valence electrons. The minimum atomic E-state index is -3.93. The molecule has 2 fully saturated rings. The van der Waals surface area contributed by atoms with Crippen molar-refractivity contribution in [3.63, 3.8) is 0 Å². The average Bonchev–Trinajstić information content (AvgIpc) is 3.32. The van der Waals surface area contributed by atoms with E-state index < -0.39 is 31.3 Å². The summed E-state index contributed by atoms with van der Waals surface area (Å²) in [5.74, 6) is 0.686. The Bertz CT molecular complexity index is 1340. The monoisotopic (exact) mass is 546 g/mol. The number of benzene rings is 1. The number of carbonyl (C=O) groups excluding carboxylic acids is 1. The van der Waals surface area contributed by atoms with Crippen LogP contribution < -0.4 is 0 Å². The molecule has 0 spiro atoms. The maximum absolute atomic E-state index is 13.3. The molecular formula is C29H38O6S2. The molecule has 0 amide bonds. The van der Waals surface area contributed by atoms with Crippen molar-refractivity contribution in [1.82, 2.24) is 0 Å². The van der Waals surface area contributed by atoms with Gasteiger partial charge < -0.3 is 4.79 Å². The molecule has 1 aliphatic heterocycles. The fourth-order valence-corrected chi connectivity index (χ4v) is 10.9. The van der Waals surface area contributed by atoms with E-state index in [1.54, 1.807) is 24.3 Å². The summed E-state index contributed by atoms with van der Waals surface area (Å²) in [6.07, 6.45) is 8.81. The maximum atomic E-state index is 13.3. The van der Waals surface area contributed by atoms with E-state index in [9.17, 15) is 21.6 Å². The van der Waals surface area contributed by atoms with Crippen molar-refractivity contribution in [2.45, 2.75) is 88.4 Å². The number of carbonyl (C=O) groups is 1. The van der Waals surface area contributed by atoms with Crippen LogP contribution in [0, 0.1) is 30.1 Å². The molecule has 1 aromatic rings. The molecule has 37 heavy (non-hydrogen) atoms. The molecule has 4 aliphatic rings. The summed E-state index contributed by atoms with van der Waals surface area (Å²) in [5.41, 5.74) is 3.97. The molecule has 5 rings (SSSR count). The molecule has 1 aromatic carbocycles. The lowest BCUT2D eigenvalue weighted by molar-refractivity contribution is -0.113. The third-order valence-electron chi connectivity index (χ3n) is 9.60. The van der Waals surface area contributed by atoms with Crippen molar-refractivity contribution in [3.05, 3.63) is 52.6 Å². The standard InChI is InChI=1S/C29H38O6S2/c1-19-6-10-24(11-7-19)37(33,34)35-23-9-8-22-18-36(31,32)28(25(22)16-23)15-21-5-4-14-29(3)26(20(2)17-30)12-13-27(21)29/h6-7,10-11,15,17,20,23,26-28H,4-5,8-9,12-14,16,18H2,1-3H3/b21-15+/t20-,23+,26-,27+,28+,29-/m1/s1. The second-order valence-electron chi connectivity index (χ2n) is 11.9. The predicted molar refractivity (Wildman–Crippen MR) is 143 cm³/mol. The van der Waals surface area contributed by atoms with Crippen LogP contribution in [0.1, 0.15) is 70.8 Å². The Labute approximate surface area is 221 Å². The Morgan fingerprint density at radius 3 is 2.54 bits per heavy atom. The summed E-state index contributed by atoms with van der Waals surface area (Å²) in [6.45, 7) is 6.19. The van der Waals surface area contributed by atoms with Gasteiger partial charge in [-0.3, -0.25) is 4.18 Å². The first-order chi connectivity index (χ1) is 17.4. The smallest absolute Gasteiger partial charge is 0.297 e. The Morgan fingerprint density at radius 1 is 1.11 bits per heavy atom. The van der Waals surface area contributed by atoms with E-state index in [-0.39, 0.29) is 22.0 Å². The van der Waals surface area contributed by atoms with Gasteiger partial charge in [-0.25, -0.2) is 8.42 Å². The molecule has 6 atom stereocenters. The van der Waals surface area contributed by atoms with Gasteiger partial charge in [-0.2, -0.15) is 8.42 Å². The lowest BCUT2D eigenvalue weighted by atomic mass is 9.61. The zero-order chi connectivity index (χ0) is 26.6. The van der Waals surface area contributed by atoms with Crippen LogP contribution in [-0.2, 0) is 28.9 Å². The van der Waals surface area contributed by atoms with Crippen LogP contribution in [0.25, 0.3) is 0 Å². The molecule has 1 heterocycles. The molecule has 8 heteroatoms. The predicted octanol–water partition coefficient (Wildman–Crippen LogP) is 5.32. The van der Waals surface area contributed by atoms with Crippen LogP contribution in [0.4, 0.5) is 0 Å². The Kier molecular flexibility index (Phi) is 7.08. The number of hydrogen-bond donors (Lipinski definition) is 0. The van der Waals surface area contributed by atoms with Crippen molar-refractivity contribution < 1.29 is 25.8 Å². The van der Waals surface area contributed by atoms with E-state index in [4.69, 9.17) is 4.18 Å². The van der Waals surface area contributed by atoms with Gasteiger partial charge in [0.15, 0.2) is 9.84 Å². The Balaban J connectivity index is 1.39. The first kappa shape index (κ1) is 26.8. The number of rotatable bonds is 6. The fraction of sp³-hybridized carbons (Fsp3) is 0.621. The molecule has 0 radical (unpaired) electrons. The zero-order valence-electron chi connectivity index (χ0n) is 22.0. The highest BCUT2D eigenvalue weighted by Crippen LogP contribution is 2.59. The zero-order valence-corrected chi connectivity index (χ0v) is 23.6. The van der Waals surface area contributed by atoms with Crippen molar-refractivity contribution >= 4 is 26.2 Å². The molecule has 2 saturated carbocycles. The minimum absolute atomic E-state index is 0.00519. The average molecular weight is 547 g/mol. The normalized spacial score (nSPS) is 35.3. The van der Waals surface area contributed by atoms with E-state index in [2.05, 4.69) is 6.92 Å². The van der Waals surface area contributed by atoms with Crippen LogP contribution in [0.3, 0.4) is 0 Å². The fourth-order valence-electron chi connectivity index (χ4n) is 7.68. The molecular weight excluding hydrogens is 508 g/mol. The number of fused-ring (bicyclic) bond motifs is 1. The van der Waals surface area contributed by atoms with Crippen LogP contribution in [-0.4, -0.2) is 40.2 Å². The summed E-state index contributed by atoms with van der Waals surface area (Å²) in [4.78, 5) is 11.7. The van der Waals surface area contributed by atoms with E-state index in [1.807, 2.05) is 19.9 Å². The van der Waals surface area contributed by atoms with E-state index >= 15 is 0 Å². The van der Waals surface area contributed by atoms with Gasteiger partial charge in [-0.1, -0.05) is 48.8 Å². The van der Waals surface area contributed by atoms with Gasteiger partial charge in [-0.05, 0) is 93.2 Å². The first-order valence-corrected chi connectivity index (χ1v) is 16.6. The van der Waals surface area contributed by atoms with Crippen molar-refractivity contribution in [2.75, 3.05) is 5.75 Å². The third-order valence-corrected chi connectivity index (χ3v) is 12.9. The number of aryl methyl sites for hydroxylation is 1. The molecule has 0 bridgehead atoms.